The molecule has 0 spiro atoms. The molecule has 9 heteroatoms. The minimum atomic E-state index is -2.10. The highest BCUT2D eigenvalue weighted by Gasteiger charge is 2.51. The Morgan fingerprint density at radius 2 is 1.86 bits per heavy atom. The van der Waals surface area contributed by atoms with E-state index in [1.54, 1.807) is 13.8 Å². The summed E-state index contributed by atoms with van der Waals surface area (Å²) in [5.74, 6) is -2.54. The largest absolute Gasteiger partial charge is 0.504 e. The summed E-state index contributed by atoms with van der Waals surface area (Å²) in [4.78, 5) is 24.2. The van der Waals surface area contributed by atoms with E-state index in [2.05, 4.69) is 0 Å². The number of aliphatic hydroxyl groups is 3. The first-order valence-electron chi connectivity index (χ1n) is 8.72. The SMILES string of the molecule is CC(C)OC(=O)C1(O)CC(O)C(O)C(OC(=O)C=Cc2ccc(O)c(O)c2)C1. The number of ether oxygens (including phenoxy) is 2. The molecule has 1 aliphatic carbocycles. The summed E-state index contributed by atoms with van der Waals surface area (Å²) in [6.45, 7) is 3.19. The molecule has 0 radical (unpaired) electrons. The van der Waals surface area contributed by atoms with Gasteiger partial charge in [-0.3, -0.25) is 0 Å². The second kappa shape index (κ2) is 8.59. The van der Waals surface area contributed by atoms with Crippen LogP contribution < -0.4 is 0 Å². The quantitative estimate of drug-likeness (QED) is 0.267. The van der Waals surface area contributed by atoms with Gasteiger partial charge < -0.3 is 35.0 Å². The van der Waals surface area contributed by atoms with E-state index >= 15 is 0 Å². The maximum atomic E-state index is 12.1. The maximum Gasteiger partial charge on any atom is 0.338 e. The van der Waals surface area contributed by atoms with E-state index in [4.69, 9.17) is 9.47 Å². The minimum Gasteiger partial charge on any atom is -0.504 e. The van der Waals surface area contributed by atoms with E-state index in [1.807, 2.05) is 0 Å². The van der Waals surface area contributed by atoms with Gasteiger partial charge in [0.05, 0.1) is 12.2 Å². The van der Waals surface area contributed by atoms with Crippen molar-refractivity contribution in [1.82, 2.24) is 0 Å². The molecular weight excluding hydrogens is 372 g/mol. The first-order chi connectivity index (χ1) is 13.0. The van der Waals surface area contributed by atoms with Crippen LogP contribution >= 0.6 is 0 Å². The summed E-state index contributed by atoms with van der Waals surface area (Å²) in [5.41, 5.74) is -1.70. The number of aliphatic hydroxyl groups excluding tert-OH is 2. The summed E-state index contributed by atoms with van der Waals surface area (Å²) in [6, 6.07) is 3.90. The third-order valence-corrected chi connectivity index (χ3v) is 4.26. The molecule has 28 heavy (non-hydrogen) atoms. The van der Waals surface area contributed by atoms with Crippen LogP contribution in [0.3, 0.4) is 0 Å². The number of aromatic hydroxyl groups is 2. The van der Waals surface area contributed by atoms with Crippen molar-refractivity contribution >= 4 is 18.0 Å². The Labute approximate surface area is 161 Å². The number of rotatable bonds is 5. The first-order valence-corrected chi connectivity index (χ1v) is 8.72. The van der Waals surface area contributed by atoms with Crippen molar-refractivity contribution in [3.8, 4) is 11.5 Å². The van der Waals surface area contributed by atoms with Crippen LogP contribution in [0.15, 0.2) is 24.3 Å². The molecule has 1 aromatic rings. The third kappa shape index (κ3) is 5.22. The van der Waals surface area contributed by atoms with Gasteiger partial charge >= 0.3 is 11.9 Å². The normalized spacial score (nSPS) is 27.7. The Kier molecular flexibility index (Phi) is 6.65. The van der Waals surface area contributed by atoms with Crippen LogP contribution in [0.4, 0.5) is 0 Å². The molecule has 4 unspecified atom stereocenters. The molecule has 0 aliphatic heterocycles. The van der Waals surface area contributed by atoms with Crippen LogP contribution in [0.5, 0.6) is 11.5 Å². The van der Waals surface area contributed by atoms with Crippen molar-refractivity contribution in [2.24, 2.45) is 0 Å². The standard InChI is InChI=1S/C19H24O9/c1-10(2)27-18(25)19(26)8-14(22)17(24)15(9-19)28-16(23)6-4-11-3-5-12(20)13(21)7-11/h3-7,10,14-15,17,20-22,24,26H,8-9H2,1-2H3. The smallest absolute Gasteiger partial charge is 0.338 e. The molecule has 0 bridgehead atoms. The molecule has 1 aromatic carbocycles. The van der Waals surface area contributed by atoms with Gasteiger partial charge in [-0.1, -0.05) is 6.07 Å². The fraction of sp³-hybridized carbons (Fsp3) is 0.474. The fourth-order valence-electron chi connectivity index (χ4n) is 2.85. The predicted molar refractivity (Wildman–Crippen MR) is 96.1 cm³/mol. The summed E-state index contributed by atoms with van der Waals surface area (Å²) >= 11 is 0. The predicted octanol–water partition coefficient (Wildman–Crippen LogP) is 0.221. The van der Waals surface area contributed by atoms with Gasteiger partial charge in [0.2, 0.25) is 0 Å². The van der Waals surface area contributed by atoms with E-state index in [1.165, 1.54) is 24.3 Å². The maximum absolute atomic E-state index is 12.1. The second-order valence-electron chi connectivity index (χ2n) is 7.01. The highest BCUT2D eigenvalue weighted by molar-refractivity contribution is 5.87. The van der Waals surface area contributed by atoms with Crippen LogP contribution in [0.25, 0.3) is 6.08 Å². The Balaban J connectivity index is 2.07. The third-order valence-electron chi connectivity index (χ3n) is 4.26. The van der Waals surface area contributed by atoms with Gasteiger partial charge in [-0.25, -0.2) is 9.59 Å². The Morgan fingerprint density at radius 3 is 2.46 bits per heavy atom. The van der Waals surface area contributed by atoms with Crippen LogP contribution in [0.1, 0.15) is 32.3 Å². The van der Waals surface area contributed by atoms with Crippen molar-refractivity contribution in [1.29, 1.82) is 0 Å². The summed E-state index contributed by atoms with van der Waals surface area (Å²) < 4.78 is 10.1. The average Bonchev–Trinajstić information content (AvgIpc) is 2.59. The summed E-state index contributed by atoms with van der Waals surface area (Å²) in [5, 5.41) is 49.2. The van der Waals surface area contributed by atoms with Crippen molar-refractivity contribution in [3.63, 3.8) is 0 Å². The summed E-state index contributed by atoms with van der Waals surface area (Å²) in [6.07, 6.45) is -3.38. The molecule has 5 N–H and O–H groups in total. The fourth-order valence-corrected chi connectivity index (χ4v) is 2.85. The summed E-state index contributed by atoms with van der Waals surface area (Å²) in [7, 11) is 0. The Hall–Kier alpha value is -2.62. The van der Waals surface area contributed by atoms with Crippen molar-refractivity contribution < 1.29 is 44.6 Å². The molecule has 0 saturated heterocycles. The molecule has 0 aromatic heterocycles. The van der Waals surface area contributed by atoms with Gasteiger partial charge in [0, 0.05) is 18.9 Å². The van der Waals surface area contributed by atoms with E-state index in [0.717, 1.165) is 6.08 Å². The van der Waals surface area contributed by atoms with Gasteiger partial charge in [-0.15, -0.1) is 0 Å². The molecule has 1 aliphatic rings. The number of phenols is 2. The number of benzene rings is 1. The number of phenolic OH excluding ortho intramolecular Hbond substituents is 2. The lowest BCUT2D eigenvalue weighted by molar-refractivity contribution is -0.202. The second-order valence-corrected chi connectivity index (χ2v) is 7.01. The minimum absolute atomic E-state index is 0.313. The molecular formula is C19H24O9. The van der Waals surface area contributed by atoms with Crippen LogP contribution in [-0.2, 0) is 19.1 Å². The van der Waals surface area contributed by atoms with Crippen LogP contribution in [-0.4, -0.2) is 67.5 Å². The highest BCUT2D eigenvalue weighted by atomic mass is 16.6. The van der Waals surface area contributed by atoms with E-state index in [0.29, 0.717) is 5.56 Å². The lowest BCUT2D eigenvalue weighted by atomic mass is 9.79. The van der Waals surface area contributed by atoms with Gasteiger partial charge in [-0.2, -0.15) is 0 Å². The van der Waals surface area contributed by atoms with E-state index in [-0.39, 0.29) is 11.5 Å². The van der Waals surface area contributed by atoms with Gasteiger partial charge in [0.15, 0.2) is 17.1 Å². The molecule has 9 nitrogen and oxygen atoms in total. The Bertz CT molecular complexity index is 758. The first kappa shape index (κ1) is 21.7. The topological polar surface area (TPSA) is 154 Å². The molecule has 1 fully saturated rings. The zero-order valence-corrected chi connectivity index (χ0v) is 15.5. The molecule has 2 rings (SSSR count). The molecule has 1 saturated carbocycles. The number of carbonyl (C=O) groups excluding carboxylic acids is 2. The molecule has 4 atom stereocenters. The van der Waals surface area contributed by atoms with E-state index < -0.39 is 54.8 Å². The molecule has 154 valence electrons. The van der Waals surface area contributed by atoms with Crippen molar-refractivity contribution in [3.05, 3.63) is 29.8 Å². The lowest BCUT2D eigenvalue weighted by Gasteiger charge is -2.40. The number of carbonyl (C=O) groups is 2. The van der Waals surface area contributed by atoms with Gasteiger partial charge in [-0.05, 0) is 37.6 Å². The number of hydrogen-bond acceptors (Lipinski definition) is 9. The van der Waals surface area contributed by atoms with E-state index in [9.17, 15) is 35.1 Å². The number of esters is 2. The molecule has 0 amide bonds. The van der Waals surface area contributed by atoms with Gasteiger partial charge in [0.1, 0.15) is 12.2 Å². The highest BCUT2D eigenvalue weighted by Crippen LogP contribution is 2.32. The zero-order valence-electron chi connectivity index (χ0n) is 15.5. The Morgan fingerprint density at radius 1 is 1.18 bits per heavy atom. The van der Waals surface area contributed by atoms with Crippen molar-refractivity contribution in [2.75, 3.05) is 0 Å². The number of hydrogen-bond donors (Lipinski definition) is 5. The van der Waals surface area contributed by atoms with Crippen LogP contribution in [0, 0.1) is 0 Å². The van der Waals surface area contributed by atoms with Crippen LogP contribution in [0.2, 0.25) is 0 Å². The molecule has 0 heterocycles. The zero-order chi connectivity index (χ0) is 21.1. The monoisotopic (exact) mass is 396 g/mol. The average molecular weight is 396 g/mol. The van der Waals surface area contributed by atoms with Crippen molar-refractivity contribution in [2.45, 2.75) is 56.7 Å². The van der Waals surface area contributed by atoms with Gasteiger partial charge in [0.25, 0.3) is 0 Å². The lowest BCUT2D eigenvalue weighted by Crippen LogP contribution is -2.57.